The van der Waals surface area contributed by atoms with Gasteiger partial charge in [-0.15, -0.1) is 0 Å². The van der Waals surface area contributed by atoms with Crippen molar-refractivity contribution in [1.29, 1.82) is 5.26 Å². The summed E-state index contributed by atoms with van der Waals surface area (Å²) in [6.45, 7) is 1.68. The van der Waals surface area contributed by atoms with Crippen LogP contribution in [0.3, 0.4) is 0 Å². The molecule has 0 radical (unpaired) electrons. The van der Waals surface area contributed by atoms with E-state index in [2.05, 4.69) is 17.5 Å². The summed E-state index contributed by atoms with van der Waals surface area (Å²) in [6, 6.07) is 10.4. The first-order valence-electron chi connectivity index (χ1n) is 4.10. The number of benzene rings is 1. The minimum atomic E-state index is 0.0370. The van der Waals surface area contributed by atoms with Crippen molar-refractivity contribution in [3.63, 3.8) is 0 Å². The van der Waals surface area contributed by atoms with Gasteiger partial charge in [-0.2, -0.15) is 5.26 Å². The average Bonchev–Trinajstić information content (AvgIpc) is 2.17. The van der Waals surface area contributed by atoms with Gasteiger partial charge in [0.2, 0.25) is 0 Å². The lowest BCUT2D eigenvalue weighted by atomic mass is 9.92. The molecule has 0 spiro atoms. The maximum Gasteiger partial charge on any atom is 0.0840 e. The fourth-order valence-corrected chi connectivity index (χ4v) is 1.61. The van der Waals surface area contributed by atoms with Gasteiger partial charge in [0.15, 0.2) is 0 Å². The first-order chi connectivity index (χ1) is 5.92. The second-order valence-electron chi connectivity index (χ2n) is 3.01. The van der Waals surface area contributed by atoms with E-state index >= 15 is 0 Å². The maximum absolute atomic E-state index is 8.85. The molecule has 1 aromatic rings. The fourth-order valence-electron chi connectivity index (χ4n) is 1.61. The zero-order chi connectivity index (χ0) is 8.39. The van der Waals surface area contributed by atoms with Crippen LogP contribution >= 0.6 is 0 Å². The van der Waals surface area contributed by atoms with Crippen molar-refractivity contribution in [2.75, 3.05) is 6.54 Å². The number of rotatable bonds is 0. The van der Waals surface area contributed by atoms with E-state index < -0.39 is 0 Å². The molecule has 2 heteroatoms. The smallest absolute Gasteiger partial charge is 0.0840 e. The molecule has 1 aliphatic heterocycles. The van der Waals surface area contributed by atoms with Gasteiger partial charge >= 0.3 is 0 Å². The van der Waals surface area contributed by atoms with Gasteiger partial charge in [-0.3, -0.25) is 0 Å². The van der Waals surface area contributed by atoms with Crippen molar-refractivity contribution in [2.24, 2.45) is 0 Å². The molecule has 1 heterocycles. The van der Waals surface area contributed by atoms with Crippen LogP contribution in [0.2, 0.25) is 0 Å². The zero-order valence-corrected chi connectivity index (χ0v) is 6.75. The molecule has 1 atom stereocenters. The predicted octanol–water partition coefficient (Wildman–Crippen LogP) is 1.40. The largest absolute Gasteiger partial charge is 0.311 e. The van der Waals surface area contributed by atoms with Crippen LogP contribution in [0.4, 0.5) is 0 Å². The second-order valence-corrected chi connectivity index (χ2v) is 3.01. The van der Waals surface area contributed by atoms with E-state index in [0.717, 1.165) is 13.1 Å². The first-order valence-corrected chi connectivity index (χ1v) is 4.10. The van der Waals surface area contributed by atoms with E-state index in [-0.39, 0.29) is 5.92 Å². The number of nitriles is 1. The van der Waals surface area contributed by atoms with Crippen LogP contribution in [0.25, 0.3) is 0 Å². The Bertz CT molecular complexity index is 325. The molecule has 0 aromatic heterocycles. The number of nitrogens with zero attached hydrogens (tertiary/aromatic N) is 1. The monoisotopic (exact) mass is 158 g/mol. The first kappa shape index (κ1) is 7.33. The predicted molar refractivity (Wildman–Crippen MR) is 46.5 cm³/mol. The Labute approximate surface area is 71.8 Å². The van der Waals surface area contributed by atoms with E-state index in [1.807, 2.05) is 18.2 Å². The van der Waals surface area contributed by atoms with Gasteiger partial charge in [0.1, 0.15) is 0 Å². The summed E-state index contributed by atoms with van der Waals surface area (Å²) in [5.41, 5.74) is 2.45. The fraction of sp³-hybridized carbons (Fsp3) is 0.300. The van der Waals surface area contributed by atoms with Crippen LogP contribution in [0.5, 0.6) is 0 Å². The van der Waals surface area contributed by atoms with Crippen molar-refractivity contribution in [1.82, 2.24) is 5.32 Å². The molecule has 0 saturated carbocycles. The van der Waals surface area contributed by atoms with Gasteiger partial charge in [0, 0.05) is 13.1 Å². The van der Waals surface area contributed by atoms with Gasteiger partial charge in [-0.05, 0) is 11.1 Å². The molecule has 1 unspecified atom stereocenters. The van der Waals surface area contributed by atoms with Crippen LogP contribution in [-0.2, 0) is 6.54 Å². The third kappa shape index (κ3) is 1.09. The van der Waals surface area contributed by atoms with Gasteiger partial charge in [-0.1, -0.05) is 24.3 Å². The summed E-state index contributed by atoms with van der Waals surface area (Å²) in [5.74, 6) is 0.0370. The van der Waals surface area contributed by atoms with Crippen LogP contribution in [0.1, 0.15) is 17.0 Å². The Hall–Kier alpha value is -1.33. The van der Waals surface area contributed by atoms with Crippen molar-refractivity contribution in [3.05, 3.63) is 35.4 Å². The lowest BCUT2D eigenvalue weighted by Crippen LogP contribution is -2.27. The van der Waals surface area contributed by atoms with E-state index in [9.17, 15) is 0 Å². The number of nitrogens with one attached hydrogen (secondary N) is 1. The molecule has 60 valence electrons. The van der Waals surface area contributed by atoms with Crippen molar-refractivity contribution >= 4 is 0 Å². The highest BCUT2D eigenvalue weighted by molar-refractivity contribution is 5.35. The summed E-state index contributed by atoms with van der Waals surface area (Å²) in [4.78, 5) is 0. The number of fused-ring (bicyclic) bond motifs is 1. The Morgan fingerprint density at radius 1 is 1.42 bits per heavy atom. The number of hydrogen-bond donors (Lipinski definition) is 1. The van der Waals surface area contributed by atoms with Crippen LogP contribution in [-0.4, -0.2) is 6.54 Å². The summed E-state index contributed by atoms with van der Waals surface area (Å²) < 4.78 is 0. The Morgan fingerprint density at radius 3 is 3.08 bits per heavy atom. The normalized spacial score (nSPS) is 21.1. The minimum absolute atomic E-state index is 0.0370. The molecule has 0 amide bonds. The molecule has 0 bridgehead atoms. The average molecular weight is 158 g/mol. The highest BCUT2D eigenvalue weighted by Gasteiger charge is 2.17. The molecule has 0 aliphatic carbocycles. The molecule has 2 rings (SSSR count). The summed E-state index contributed by atoms with van der Waals surface area (Å²) >= 11 is 0. The van der Waals surface area contributed by atoms with E-state index in [1.165, 1.54) is 11.1 Å². The van der Waals surface area contributed by atoms with Gasteiger partial charge in [0.25, 0.3) is 0 Å². The Kier molecular flexibility index (Phi) is 1.81. The van der Waals surface area contributed by atoms with E-state index in [0.29, 0.717) is 0 Å². The summed E-state index contributed by atoms with van der Waals surface area (Å²) in [6.07, 6.45) is 0. The summed E-state index contributed by atoms with van der Waals surface area (Å²) in [7, 11) is 0. The van der Waals surface area contributed by atoms with Gasteiger partial charge in [-0.25, -0.2) is 0 Å². The molecular formula is C10H10N2. The maximum atomic E-state index is 8.85. The van der Waals surface area contributed by atoms with Crippen molar-refractivity contribution in [2.45, 2.75) is 12.5 Å². The second kappa shape index (κ2) is 2.96. The standard InChI is InChI=1S/C10H10N2/c11-5-9-7-12-6-8-3-1-2-4-10(8)9/h1-4,9,12H,6-7H2. The molecule has 1 N–H and O–H groups in total. The molecule has 1 aromatic carbocycles. The number of hydrogen-bond acceptors (Lipinski definition) is 2. The Morgan fingerprint density at radius 2 is 2.25 bits per heavy atom. The van der Waals surface area contributed by atoms with Crippen LogP contribution in [0.15, 0.2) is 24.3 Å². The van der Waals surface area contributed by atoms with E-state index in [1.54, 1.807) is 0 Å². The van der Waals surface area contributed by atoms with Crippen molar-refractivity contribution in [3.8, 4) is 6.07 Å². The SMILES string of the molecule is N#CC1CNCc2ccccc21. The minimum Gasteiger partial charge on any atom is -0.311 e. The third-order valence-electron chi connectivity index (χ3n) is 2.25. The van der Waals surface area contributed by atoms with Gasteiger partial charge in [0.05, 0.1) is 12.0 Å². The molecular weight excluding hydrogens is 148 g/mol. The molecule has 12 heavy (non-hydrogen) atoms. The Balaban J connectivity index is 2.45. The summed E-state index contributed by atoms with van der Waals surface area (Å²) in [5, 5.41) is 12.1. The quantitative estimate of drug-likeness (QED) is 0.619. The highest BCUT2D eigenvalue weighted by atomic mass is 14.9. The lowest BCUT2D eigenvalue weighted by molar-refractivity contribution is 0.607. The molecule has 2 nitrogen and oxygen atoms in total. The van der Waals surface area contributed by atoms with Crippen LogP contribution < -0.4 is 5.32 Å². The molecule has 1 aliphatic rings. The third-order valence-corrected chi connectivity index (χ3v) is 2.25. The van der Waals surface area contributed by atoms with Gasteiger partial charge < -0.3 is 5.32 Å². The zero-order valence-electron chi connectivity index (χ0n) is 6.75. The topological polar surface area (TPSA) is 35.8 Å². The van der Waals surface area contributed by atoms with E-state index in [4.69, 9.17) is 5.26 Å². The van der Waals surface area contributed by atoms with Crippen molar-refractivity contribution < 1.29 is 0 Å². The molecule has 0 saturated heterocycles. The van der Waals surface area contributed by atoms with Crippen LogP contribution in [0, 0.1) is 11.3 Å². The highest BCUT2D eigenvalue weighted by Crippen LogP contribution is 2.22. The lowest BCUT2D eigenvalue weighted by Gasteiger charge is -2.20. The molecule has 0 fully saturated rings.